The Bertz CT molecular complexity index is 945. The van der Waals surface area contributed by atoms with E-state index in [1.54, 1.807) is 12.1 Å². The van der Waals surface area contributed by atoms with E-state index in [0.717, 1.165) is 5.56 Å². The lowest BCUT2D eigenvalue weighted by molar-refractivity contribution is 0.0472. The molecule has 0 aliphatic heterocycles. The van der Waals surface area contributed by atoms with Gasteiger partial charge in [0.1, 0.15) is 6.33 Å². The monoisotopic (exact) mass is 352 g/mol. The molecule has 2 aromatic heterocycles. The Labute approximate surface area is 151 Å². The number of hydrogen-bond donors (Lipinski definition) is 0. The molecule has 3 rings (SSSR count). The molecule has 1 aromatic carbocycles. The molecule has 0 atom stereocenters. The summed E-state index contributed by atoms with van der Waals surface area (Å²) in [5.74, 6) is -0.0382. The number of carbonyl (C=O) groups is 2. The highest BCUT2D eigenvalue weighted by atomic mass is 16.5. The summed E-state index contributed by atoms with van der Waals surface area (Å²) in [4.78, 5) is 32.7. The second kappa shape index (κ2) is 7.43. The maximum Gasteiger partial charge on any atom is 0.342 e. The van der Waals surface area contributed by atoms with E-state index in [1.165, 1.54) is 17.0 Å². The van der Waals surface area contributed by atoms with Gasteiger partial charge in [-0.2, -0.15) is 10.1 Å². The van der Waals surface area contributed by atoms with Crippen molar-refractivity contribution in [2.75, 3.05) is 6.61 Å². The van der Waals surface area contributed by atoms with Gasteiger partial charge in [-0.1, -0.05) is 45.0 Å². The van der Waals surface area contributed by atoms with Crippen LogP contribution in [0.25, 0.3) is 5.78 Å². The third-order valence-electron chi connectivity index (χ3n) is 4.19. The van der Waals surface area contributed by atoms with E-state index in [2.05, 4.69) is 28.9 Å². The molecule has 0 fully saturated rings. The topological polar surface area (TPSA) is 86.5 Å². The molecule has 0 spiro atoms. The van der Waals surface area contributed by atoms with Gasteiger partial charge in [0, 0.05) is 11.8 Å². The van der Waals surface area contributed by atoms with Gasteiger partial charge in [-0.3, -0.25) is 4.79 Å². The smallest absolute Gasteiger partial charge is 0.342 e. The molecule has 26 heavy (non-hydrogen) atoms. The van der Waals surface area contributed by atoms with E-state index >= 15 is 0 Å². The zero-order valence-electron chi connectivity index (χ0n) is 15.0. The minimum atomic E-state index is -0.598. The summed E-state index contributed by atoms with van der Waals surface area (Å²) in [5, 5.41) is 4.07. The van der Waals surface area contributed by atoms with Gasteiger partial charge in [-0.05, 0) is 17.9 Å². The average molecular weight is 352 g/mol. The number of fused-ring (bicyclic) bond motifs is 1. The van der Waals surface area contributed by atoms with Crippen LogP contribution in [0.3, 0.4) is 0 Å². The van der Waals surface area contributed by atoms with Crippen molar-refractivity contribution >= 4 is 17.5 Å². The van der Waals surface area contributed by atoms with Gasteiger partial charge in [0.2, 0.25) is 0 Å². The maximum atomic E-state index is 12.4. The summed E-state index contributed by atoms with van der Waals surface area (Å²) in [7, 11) is 0. The molecule has 0 aliphatic rings. The number of nitrogens with zero attached hydrogens (tertiary/aromatic N) is 4. The van der Waals surface area contributed by atoms with Crippen LogP contribution in [0.2, 0.25) is 0 Å². The highest BCUT2D eigenvalue weighted by Crippen LogP contribution is 2.15. The van der Waals surface area contributed by atoms with Gasteiger partial charge in [0.05, 0.1) is 11.3 Å². The second-order valence-electron chi connectivity index (χ2n) is 6.22. The fourth-order valence-electron chi connectivity index (χ4n) is 2.68. The van der Waals surface area contributed by atoms with Crippen molar-refractivity contribution in [1.29, 1.82) is 0 Å². The standard InChI is InChI=1S/C19H20N4O3/c1-4-16-15(9-20-19-21-11-22-23(16)19)18(25)26-10-17(24)14-7-5-13(6-8-14)12(2)3/h5-9,11-12H,4,10H2,1-3H3. The number of rotatable bonds is 6. The van der Waals surface area contributed by atoms with Crippen LogP contribution >= 0.6 is 0 Å². The number of ether oxygens (including phenoxy) is 1. The zero-order valence-corrected chi connectivity index (χ0v) is 15.0. The third kappa shape index (κ3) is 3.46. The van der Waals surface area contributed by atoms with Crippen LogP contribution in [0.1, 0.15) is 58.7 Å². The van der Waals surface area contributed by atoms with Gasteiger partial charge in [0.25, 0.3) is 5.78 Å². The number of aryl methyl sites for hydroxylation is 1. The molecule has 7 nitrogen and oxygen atoms in total. The molecule has 0 saturated carbocycles. The molecule has 0 bridgehead atoms. The minimum Gasteiger partial charge on any atom is -0.454 e. The molecule has 3 aromatic rings. The number of carbonyl (C=O) groups excluding carboxylic acids is 2. The highest BCUT2D eigenvalue weighted by Gasteiger charge is 2.18. The van der Waals surface area contributed by atoms with Crippen LogP contribution in [0.5, 0.6) is 0 Å². The Kier molecular flexibility index (Phi) is 5.06. The van der Waals surface area contributed by atoms with Crippen molar-refractivity contribution in [3.63, 3.8) is 0 Å². The van der Waals surface area contributed by atoms with Crippen LogP contribution in [-0.2, 0) is 11.2 Å². The fourth-order valence-corrected chi connectivity index (χ4v) is 2.68. The first-order valence-electron chi connectivity index (χ1n) is 8.49. The number of hydrogen-bond acceptors (Lipinski definition) is 6. The zero-order chi connectivity index (χ0) is 18.7. The van der Waals surface area contributed by atoms with Crippen molar-refractivity contribution < 1.29 is 14.3 Å². The number of aromatic nitrogens is 4. The van der Waals surface area contributed by atoms with Gasteiger partial charge in [0.15, 0.2) is 12.4 Å². The lowest BCUT2D eigenvalue weighted by Gasteiger charge is -2.09. The summed E-state index contributed by atoms with van der Waals surface area (Å²) in [6.07, 6.45) is 3.34. The summed E-state index contributed by atoms with van der Waals surface area (Å²) in [6, 6.07) is 7.34. The second-order valence-corrected chi connectivity index (χ2v) is 6.22. The maximum absolute atomic E-state index is 12.4. The molecule has 2 heterocycles. The molecule has 0 unspecified atom stereocenters. The van der Waals surface area contributed by atoms with Crippen LogP contribution in [0, 0.1) is 0 Å². The number of Topliss-reactive ketones (excluding diaryl/α,β-unsaturated/α-hetero) is 1. The van der Waals surface area contributed by atoms with Gasteiger partial charge in [-0.15, -0.1) is 0 Å². The Balaban J connectivity index is 1.71. The van der Waals surface area contributed by atoms with E-state index < -0.39 is 5.97 Å². The van der Waals surface area contributed by atoms with Gasteiger partial charge < -0.3 is 4.74 Å². The fraction of sp³-hybridized carbons (Fsp3) is 0.316. The summed E-state index contributed by atoms with van der Waals surface area (Å²) in [6.45, 7) is 5.75. The molecule has 0 amide bonds. The predicted octanol–water partition coefficient (Wildman–Crippen LogP) is 2.85. The molecule has 0 saturated heterocycles. The molecule has 0 N–H and O–H groups in total. The lowest BCUT2D eigenvalue weighted by Crippen LogP contribution is -2.17. The van der Waals surface area contributed by atoms with Crippen molar-refractivity contribution in [1.82, 2.24) is 19.6 Å². The van der Waals surface area contributed by atoms with E-state index in [1.807, 2.05) is 19.1 Å². The van der Waals surface area contributed by atoms with Crippen LogP contribution in [0.4, 0.5) is 0 Å². The van der Waals surface area contributed by atoms with Crippen molar-refractivity contribution in [3.05, 3.63) is 59.2 Å². The van der Waals surface area contributed by atoms with E-state index in [0.29, 0.717) is 29.4 Å². The Morgan fingerprint density at radius 1 is 1.15 bits per heavy atom. The predicted molar refractivity (Wildman–Crippen MR) is 95.3 cm³/mol. The van der Waals surface area contributed by atoms with E-state index in [9.17, 15) is 9.59 Å². The van der Waals surface area contributed by atoms with Crippen LogP contribution < -0.4 is 0 Å². The third-order valence-corrected chi connectivity index (χ3v) is 4.19. The summed E-state index contributed by atoms with van der Waals surface area (Å²) >= 11 is 0. The van der Waals surface area contributed by atoms with E-state index in [4.69, 9.17) is 4.74 Å². The lowest BCUT2D eigenvalue weighted by atomic mass is 10.0. The first kappa shape index (κ1) is 17.7. The molecular formula is C19H20N4O3. The Hall–Kier alpha value is -3.09. The van der Waals surface area contributed by atoms with Gasteiger partial charge >= 0.3 is 5.97 Å². The van der Waals surface area contributed by atoms with Crippen molar-refractivity contribution in [3.8, 4) is 0 Å². The number of benzene rings is 1. The molecule has 0 aliphatic carbocycles. The normalized spacial score (nSPS) is 11.1. The number of esters is 1. The highest BCUT2D eigenvalue weighted by molar-refractivity contribution is 5.99. The van der Waals surface area contributed by atoms with Crippen LogP contribution in [-0.4, -0.2) is 37.9 Å². The summed E-state index contributed by atoms with van der Waals surface area (Å²) < 4.78 is 6.70. The van der Waals surface area contributed by atoms with Gasteiger partial charge in [-0.25, -0.2) is 14.3 Å². The number of ketones is 1. The minimum absolute atomic E-state index is 0.249. The van der Waals surface area contributed by atoms with E-state index in [-0.39, 0.29) is 18.0 Å². The first-order valence-corrected chi connectivity index (χ1v) is 8.49. The van der Waals surface area contributed by atoms with Crippen LogP contribution in [0.15, 0.2) is 36.8 Å². The molecular weight excluding hydrogens is 332 g/mol. The Morgan fingerprint density at radius 3 is 2.54 bits per heavy atom. The molecule has 7 heteroatoms. The molecule has 0 radical (unpaired) electrons. The van der Waals surface area contributed by atoms with Crippen molar-refractivity contribution in [2.45, 2.75) is 33.1 Å². The first-order chi connectivity index (χ1) is 12.5. The average Bonchev–Trinajstić information content (AvgIpc) is 3.13. The summed E-state index contributed by atoms with van der Waals surface area (Å²) in [5.41, 5.74) is 2.60. The largest absolute Gasteiger partial charge is 0.454 e. The van der Waals surface area contributed by atoms with Crippen molar-refractivity contribution in [2.24, 2.45) is 0 Å². The Morgan fingerprint density at radius 2 is 1.88 bits per heavy atom. The molecule has 134 valence electrons. The SMILES string of the molecule is CCc1c(C(=O)OCC(=O)c2ccc(C(C)C)cc2)cnc2ncnn12. The quantitative estimate of drug-likeness (QED) is 0.501.